The number of ether oxygens (including phenoxy) is 1. The quantitative estimate of drug-likeness (QED) is 0.869. The number of rotatable bonds is 5. The minimum atomic E-state index is 0.149. The molecule has 6 nitrogen and oxygen atoms in total. The number of amides is 1. The minimum Gasteiger partial charge on any atom is -0.375 e. The highest BCUT2D eigenvalue weighted by Gasteiger charge is 2.42. The van der Waals surface area contributed by atoms with Crippen LogP contribution in [-0.4, -0.2) is 58.5 Å². The van der Waals surface area contributed by atoms with Gasteiger partial charge >= 0.3 is 0 Å². The van der Waals surface area contributed by atoms with Gasteiger partial charge in [0.2, 0.25) is 5.91 Å². The molecule has 2 saturated heterocycles. The van der Waals surface area contributed by atoms with E-state index in [1.165, 1.54) is 12.8 Å². The lowest BCUT2D eigenvalue weighted by molar-refractivity contribution is -0.121. The average molecular weight is 318 g/mol. The summed E-state index contributed by atoms with van der Waals surface area (Å²) in [4.78, 5) is 14.7. The largest absolute Gasteiger partial charge is 0.375 e. The first kappa shape index (κ1) is 15.1. The highest BCUT2D eigenvalue weighted by atomic mass is 16.5. The molecule has 1 saturated carbocycles. The third kappa shape index (κ3) is 3.43. The lowest BCUT2D eigenvalue weighted by Gasteiger charge is -2.35. The van der Waals surface area contributed by atoms with E-state index in [1.54, 1.807) is 6.20 Å². The number of hydrogen-bond acceptors (Lipinski definition) is 4. The van der Waals surface area contributed by atoms with E-state index >= 15 is 0 Å². The first-order valence-electron chi connectivity index (χ1n) is 8.81. The van der Waals surface area contributed by atoms with Gasteiger partial charge in [0.15, 0.2) is 0 Å². The Bertz CT molecular complexity index is 569. The molecule has 1 aromatic heterocycles. The van der Waals surface area contributed by atoms with Crippen LogP contribution in [0.1, 0.15) is 31.4 Å². The van der Waals surface area contributed by atoms with Gasteiger partial charge in [-0.25, -0.2) is 0 Å². The summed E-state index contributed by atoms with van der Waals surface area (Å²) in [5, 5.41) is 7.35. The maximum Gasteiger partial charge on any atom is 0.220 e. The lowest BCUT2D eigenvalue weighted by atomic mass is 10.1. The molecule has 3 fully saturated rings. The van der Waals surface area contributed by atoms with Gasteiger partial charge in [-0.15, -0.1) is 0 Å². The second kappa shape index (κ2) is 6.24. The number of nitrogens with zero attached hydrogens (tertiary/aromatic N) is 3. The fraction of sp³-hybridized carbons (Fsp3) is 0.765. The highest BCUT2D eigenvalue weighted by molar-refractivity contribution is 5.76. The monoisotopic (exact) mass is 318 g/mol. The van der Waals surface area contributed by atoms with Gasteiger partial charge in [-0.05, 0) is 37.7 Å². The highest BCUT2D eigenvalue weighted by Crippen LogP contribution is 2.37. The zero-order valence-electron chi connectivity index (χ0n) is 13.8. The molecule has 126 valence electrons. The number of aryl methyl sites for hydroxylation is 2. The number of hydrogen-bond donors (Lipinski definition) is 1. The second-order valence-electron chi connectivity index (χ2n) is 7.26. The van der Waals surface area contributed by atoms with E-state index in [0.717, 1.165) is 44.1 Å². The van der Waals surface area contributed by atoms with Gasteiger partial charge in [-0.2, -0.15) is 5.10 Å². The molecule has 6 heteroatoms. The molecule has 3 heterocycles. The van der Waals surface area contributed by atoms with Crippen molar-refractivity contribution in [2.75, 3.05) is 19.7 Å². The van der Waals surface area contributed by atoms with Crippen LogP contribution in [0.25, 0.3) is 0 Å². The van der Waals surface area contributed by atoms with Gasteiger partial charge < -0.3 is 10.1 Å². The maximum absolute atomic E-state index is 12.2. The molecule has 0 spiro atoms. The second-order valence-corrected chi connectivity index (χ2v) is 7.26. The summed E-state index contributed by atoms with van der Waals surface area (Å²) in [7, 11) is 1.92. The molecule has 1 aromatic rings. The van der Waals surface area contributed by atoms with E-state index in [-0.39, 0.29) is 11.9 Å². The first-order valence-corrected chi connectivity index (χ1v) is 8.81. The van der Waals surface area contributed by atoms with Crippen molar-refractivity contribution in [1.82, 2.24) is 20.0 Å². The van der Waals surface area contributed by atoms with Crippen molar-refractivity contribution in [2.24, 2.45) is 13.0 Å². The number of carbonyl (C=O) groups excluding carboxylic acids is 1. The van der Waals surface area contributed by atoms with Gasteiger partial charge in [0.05, 0.1) is 12.7 Å². The molecule has 1 amide bonds. The molecular formula is C17H26N4O2. The van der Waals surface area contributed by atoms with Crippen molar-refractivity contribution in [3.8, 4) is 0 Å². The molecule has 4 rings (SSSR count). The van der Waals surface area contributed by atoms with Gasteiger partial charge in [-0.1, -0.05) is 0 Å². The summed E-state index contributed by atoms with van der Waals surface area (Å²) < 4.78 is 7.85. The Morgan fingerprint density at radius 2 is 2.30 bits per heavy atom. The minimum absolute atomic E-state index is 0.149. The molecule has 23 heavy (non-hydrogen) atoms. The van der Waals surface area contributed by atoms with Crippen LogP contribution >= 0.6 is 0 Å². The van der Waals surface area contributed by atoms with Crippen molar-refractivity contribution in [2.45, 2.75) is 50.3 Å². The Kier molecular flexibility index (Phi) is 4.11. The van der Waals surface area contributed by atoms with Crippen molar-refractivity contribution in [3.63, 3.8) is 0 Å². The number of morpholine rings is 1. The van der Waals surface area contributed by atoms with Crippen LogP contribution in [0.15, 0.2) is 12.3 Å². The van der Waals surface area contributed by atoms with E-state index in [4.69, 9.17) is 4.74 Å². The summed E-state index contributed by atoms with van der Waals surface area (Å²) in [6.45, 7) is 2.87. The van der Waals surface area contributed by atoms with Crippen LogP contribution in [0.2, 0.25) is 0 Å². The van der Waals surface area contributed by atoms with Gasteiger partial charge in [0, 0.05) is 50.5 Å². The van der Waals surface area contributed by atoms with Crippen LogP contribution in [0.5, 0.6) is 0 Å². The Hall–Kier alpha value is -1.40. The summed E-state index contributed by atoms with van der Waals surface area (Å²) in [6.07, 6.45) is 7.17. The molecule has 1 aliphatic carbocycles. The average Bonchev–Trinajstić information content (AvgIpc) is 3.19. The molecule has 3 aliphatic rings. The fourth-order valence-electron chi connectivity index (χ4n) is 3.95. The zero-order chi connectivity index (χ0) is 15.8. The van der Waals surface area contributed by atoms with Crippen LogP contribution in [0.4, 0.5) is 0 Å². The summed E-state index contributed by atoms with van der Waals surface area (Å²) in [5.74, 6) is 0.944. The van der Waals surface area contributed by atoms with E-state index in [0.29, 0.717) is 18.6 Å². The number of aromatic nitrogens is 2. The fourth-order valence-corrected chi connectivity index (χ4v) is 3.95. The van der Waals surface area contributed by atoms with Crippen molar-refractivity contribution >= 4 is 5.91 Å². The molecule has 3 atom stereocenters. The molecular weight excluding hydrogens is 292 g/mol. The normalized spacial score (nSPS) is 31.1. The summed E-state index contributed by atoms with van der Waals surface area (Å²) in [6, 6.07) is 2.74. The SMILES string of the molecule is Cn1nccc1CCC(=O)N[C@H]1C[C@H]2CO[C@@H](C3CC3)CN2C1. The van der Waals surface area contributed by atoms with Crippen molar-refractivity contribution in [3.05, 3.63) is 18.0 Å². The van der Waals surface area contributed by atoms with E-state index in [9.17, 15) is 4.79 Å². The predicted molar refractivity (Wildman–Crippen MR) is 85.9 cm³/mol. The predicted octanol–water partition coefficient (Wildman–Crippen LogP) is 0.721. The number of nitrogens with one attached hydrogen (secondary N) is 1. The topological polar surface area (TPSA) is 59.4 Å². The molecule has 0 unspecified atom stereocenters. The summed E-state index contributed by atoms with van der Waals surface area (Å²) in [5.41, 5.74) is 1.10. The Labute approximate surface area is 137 Å². The van der Waals surface area contributed by atoms with E-state index in [2.05, 4.69) is 15.3 Å². The first-order chi connectivity index (χ1) is 11.2. The molecule has 0 bridgehead atoms. The number of carbonyl (C=O) groups is 1. The van der Waals surface area contributed by atoms with Crippen LogP contribution < -0.4 is 5.32 Å². The lowest BCUT2D eigenvalue weighted by Crippen LogP contribution is -2.47. The van der Waals surface area contributed by atoms with Crippen molar-refractivity contribution in [1.29, 1.82) is 0 Å². The Morgan fingerprint density at radius 3 is 3.04 bits per heavy atom. The maximum atomic E-state index is 12.2. The molecule has 0 radical (unpaired) electrons. The zero-order valence-corrected chi connectivity index (χ0v) is 13.8. The van der Waals surface area contributed by atoms with Crippen LogP contribution in [0.3, 0.4) is 0 Å². The van der Waals surface area contributed by atoms with Crippen LogP contribution in [-0.2, 0) is 23.0 Å². The summed E-state index contributed by atoms with van der Waals surface area (Å²) >= 11 is 0. The number of fused-ring (bicyclic) bond motifs is 1. The Morgan fingerprint density at radius 1 is 1.43 bits per heavy atom. The molecule has 0 aromatic carbocycles. The van der Waals surface area contributed by atoms with E-state index < -0.39 is 0 Å². The third-order valence-corrected chi connectivity index (χ3v) is 5.49. The standard InChI is InChI=1S/C17H26N4O2/c1-20-14(6-7-18-20)4-5-17(22)19-13-8-15-11-23-16(12-2-3-12)10-21(15)9-13/h6-7,12-13,15-16H,2-5,8-11H2,1H3,(H,19,22)/t13-,15-,16+/m0/s1. The van der Waals surface area contributed by atoms with Gasteiger partial charge in [0.25, 0.3) is 0 Å². The molecule has 1 N–H and O–H groups in total. The Balaban J connectivity index is 1.24. The van der Waals surface area contributed by atoms with Gasteiger partial charge in [-0.3, -0.25) is 14.4 Å². The van der Waals surface area contributed by atoms with Crippen LogP contribution in [0, 0.1) is 5.92 Å². The molecule has 2 aliphatic heterocycles. The third-order valence-electron chi connectivity index (χ3n) is 5.49. The van der Waals surface area contributed by atoms with Crippen molar-refractivity contribution < 1.29 is 9.53 Å². The van der Waals surface area contributed by atoms with Gasteiger partial charge in [0.1, 0.15) is 0 Å². The van der Waals surface area contributed by atoms with E-state index in [1.807, 2.05) is 17.8 Å². The smallest absolute Gasteiger partial charge is 0.220 e.